The maximum Gasteiger partial charge on any atom is 0.271 e. The van der Waals surface area contributed by atoms with E-state index in [0.29, 0.717) is 31.7 Å². The summed E-state index contributed by atoms with van der Waals surface area (Å²) in [5.74, 6) is -0.135. The minimum absolute atomic E-state index is 0.0417. The van der Waals surface area contributed by atoms with Gasteiger partial charge in [-0.2, -0.15) is 0 Å². The van der Waals surface area contributed by atoms with E-state index >= 15 is 0 Å². The molecule has 0 aliphatic carbocycles. The van der Waals surface area contributed by atoms with Crippen molar-refractivity contribution in [2.24, 2.45) is 0 Å². The van der Waals surface area contributed by atoms with Crippen LogP contribution in [-0.4, -0.2) is 24.0 Å². The summed E-state index contributed by atoms with van der Waals surface area (Å²) in [4.78, 5) is 24.3. The number of thiophene rings is 1. The second-order valence-electron chi connectivity index (χ2n) is 5.43. The van der Waals surface area contributed by atoms with E-state index in [1.165, 1.54) is 12.1 Å². The number of benzene rings is 1. The fraction of sp³-hybridized carbons (Fsp3) is 0.312. The van der Waals surface area contributed by atoms with Crippen molar-refractivity contribution in [1.29, 1.82) is 0 Å². The fourth-order valence-corrected chi connectivity index (χ4v) is 3.79. The third kappa shape index (κ3) is 3.11. The van der Waals surface area contributed by atoms with Gasteiger partial charge in [-0.15, -0.1) is 11.3 Å². The van der Waals surface area contributed by atoms with Gasteiger partial charge < -0.3 is 10.1 Å². The number of nitrogens with zero attached hydrogens (tertiary/aromatic N) is 1. The average molecular weight is 332 g/mol. The zero-order chi connectivity index (χ0) is 16.3. The topological polar surface area (TPSA) is 81.5 Å². The van der Waals surface area contributed by atoms with Gasteiger partial charge in [0, 0.05) is 35.9 Å². The maximum absolute atomic E-state index is 12.9. The highest BCUT2D eigenvalue weighted by Crippen LogP contribution is 2.38. The molecule has 23 heavy (non-hydrogen) atoms. The molecule has 1 fully saturated rings. The molecule has 0 unspecified atom stereocenters. The van der Waals surface area contributed by atoms with Crippen LogP contribution in [0, 0.1) is 10.1 Å². The third-order valence-corrected chi connectivity index (χ3v) is 5.16. The molecule has 1 amide bonds. The van der Waals surface area contributed by atoms with Gasteiger partial charge in [0.15, 0.2) is 0 Å². The van der Waals surface area contributed by atoms with Gasteiger partial charge in [-0.25, -0.2) is 0 Å². The summed E-state index contributed by atoms with van der Waals surface area (Å²) in [6.07, 6.45) is 1.21. The highest BCUT2D eigenvalue weighted by molar-refractivity contribution is 7.10. The lowest BCUT2D eigenvalue weighted by molar-refractivity contribution is -0.384. The standard InChI is InChI=1S/C16H16N2O4S/c19-15(17-12-3-1-4-13(11-12)18(20)21)16(6-8-22-9-7-16)14-5-2-10-23-14/h1-5,10-11H,6-9H2,(H,17,19). The van der Waals surface area contributed by atoms with Crippen molar-refractivity contribution in [2.45, 2.75) is 18.3 Å². The number of hydrogen-bond donors (Lipinski definition) is 1. The lowest BCUT2D eigenvalue weighted by Crippen LogP contribution is -2.44. The Kier molecular flexibility index (Phi) is 4.40. The number of nitro benzene ring substituents is 1. The largest absolute Gasteiger partial charge is 0.381 e. The first-order valence-electron chi connectivity index (χ1n) is 7.29. The van der Waals surface area contributed by atoms with Crippen LogP contribution < -0.4 is 5.32 Å². The molecule has 0 saturated carbocycles. The molecule has 1 aromatic carbocycles. The van der Waals surface area contributed by atoms with E-state index in [-0.39, 0.29) is 11.6 Å². The third-order valence-electron chi connectivity index (χ3n) is 4.09. The van der Waals surface area contributed by atoms with Gasteiger partial charge >= 0.3 is 0 Å². The number of rotatable bonds is 4. The number of non-ortho nitro benzene ring substituents is 1. The van der Waals surface area contributed by atoms with Gasteiger partial charge in [0.2, 0.25) is 5.91 Å². The summed E-state index contributed by atoms with van der Waals surface area (Å²) in [5, 5.41) is 15.7. The van der Waals surface area contributed by atoms with E-state index in [0.717, 1.165) is 4.88 Å². The molecule has 2 heterocycles. The summed E-state index contributed by atoms with van der Waals surface area (Å²) < 4.78 is 5.41. The molecule has 2 aromatic rings. The molecule has 0 bridgehead atoms. The highest BCUT2D eigenvalue weighted by Gasteiger charge is 2.42. The molecule has 7 heteroatoms. The molecule has 1 aliphatic rings. The van der Waals surface area contributed by atoms with Crippen molar-refractivity contribution in [3.63, 3.8) is 0 Å². The molecule has 0 atom stereocenters. The van der Waals surface area contributed by atoms with Crippen molar-refractivity contribution in [3.8, 4) is 0 Å². The molecule has 1 aromatic heterocycles. The van der Waals surface area contributed by atoms with Gasteiger partial charge in [-0.05, 0) is 30.4 Å². The van der Waals surface area contributed by atoms with Crippen LogP contribution in [0.5, 0.6) is 0 Å². The van der Waals surface area contributed by atoms with E-state index < -0.39 is 10.3 Å². The summed E-state index contributed by atoms with van der Waals surface area (Å²) in [7, 11) is 0. The van der Waals surface area contributed by atoms with Crippen molar-refractivity contribution >= 4 is 28.6 Å². The predicted octanol–water partition coefficient (Wildman–Crippen LogP) is 3.34. The summed E-state index contributed by atoms with van der Waals surface area (Å²) in [6, 6.07) is 9.89. The van der Waals surface area contributed by atoms with Gasteiger partial charge in [0.1, 0.15) is 0 Å². The Balaban J connectivity index is 1.87. The first-order chi connectivity index (χ1) is 11.1. The number of ether oxygens (including phenoxy) is 1. The van der Waals surface area contributed by atoms with E-state index in [1.807, 2.05) is 17.5 Å². The number of nitrogens with one attached hydrogen (secondary N) is 1. The molecular weight excluding hydrogens is 316 g/mol. The zero-order valence-corrected chi connectivity index (χ0v) is 13.2. The summed E-state index contributed by atoms with van der Waals surface area (Å²) in [6.45, 7) is 1.06. The lowest BCUT2D eigenvalue weighted by Gasteiger charge is -2.35. The monoisotopic (exact) mass is 332 g/mol. The van der Waals surface area contributed by atoms with Crippen molar-refractivity contribution in [1.82, 2.24) is 0 Å². The second kappa shape index (κ2) is 6.47. The Bertz CT molecular complexity index is 709. The molecule has 120 valence electrons. The number of anilines is 1. The van der Waals surface area contributed by atoms with Crippen LogP contribution in [0.4, 0.5) is 11.4 Å². The van der Waals surface area contributed by atoms with Crippen LogP contribution in [0.2, 0.25) is 0 Å². The van der Waals surface area contributed by atoms with Crippen LogP contribution in [0.3, 0.4) is 0 Å². The van der Waals surface area contributed by atoms with E-state index in [1.54, 1.807) is 23.5 Å². The Morgan fingerprint density at radius 2 is 2.04 bits per heavy atom. The Morgan fingerprint density at radius 1 is 1.26 bits per heavy atom. The van der Waals surface area contributed by atoms with Crippen LogP contribution in [0.1, 0.15) is 17.7 Å². The van der Waals surface area contributed by atoms with E-state index in [9.17, 15) is 14.9 Å². The quantitative estimate of drug-likeness (QED) is 0.687. The van der Waals surface area contributed by atoms with E-state index in [2.05, 4.69) is 5.32 Å². The second-order valence-corrected chi connectivity index (χ2v) is 6.38. The lowest BCUT2D eigenvalue weighted by atomic mass is 9.78. The van der Waals surface area contributed by atoms with Gasteiger partial charge in [0.05, 0.1) is 10.3 Å². The van der Waals surface area contributed by atoms with Crippen molar-refractivity contribution < 1.29 is 14.5 Å². The van der Waals surface area contributed by atoms with Gasteiger partial charge in [-0.3, -0.25) is 14.9 Å². The zero-order valence-electron chi connectivity index (χ0n) is 12.4. The molecular formula is C16H16N2O4S. The van der Waals surface area contributed by atoms with Crippen molar-refractivity contribution in [2.75, 3.05) is 18.5 Å². The molecule has 0 radical (unpaired) electrons. The smallest absolute Gasteiger partial charge is 0.271 e. The number of carbonyl (C=O) groups is 1. The van der Waals surface area contributed by atoms with Gasteiger partial charge in [-0.1, -0.05) is 12.1 Å². The molecule has 1 N–H and O–H groups in total. The molecule has 6 nitrogen and oxygen atoms in total. The van der Waals surface area contributed by atoms with Crippen molar-refractivity contribution in [3.05, 3.63) is 56.8 Å². The molecule has 1 saturated heterocycles. The number of amides is 1. The Morgan fingerprint density at radius 3 is 2.70 bits per heavy atom. The van der Waals surface area contributed by atoms with Gasteiger partial charge in [0.25, 0.3) is 5.69 Å². The van der Waals surface area contributed by atoms with Crippen LogP contribution >= 0.6 is 11.3 Å². The number of carbonyl (C=O) groups excluding carboxylic acids is 1. The normalized spacial score (nSPS) is 16.7. The first-order valence-corrected chi connectivity index (χ1v) is 8.17. The van der Waals surface area contributed by atoms with Crippen LogP contribution in [0.25, 0.3) is 0 Å². The molecule has 3 rings (SSSR count). The fourth-order valence-electron chi connectivity index (χ4n) is 2.80. The SMILES string of the molecule is O=C(Nc1cccc([N+](=O)[O-])c1)C1(c2cccs2)CCOCC1. The predicted molar refractivity (Wildman–Crippen MR) is 87.8 cm³/mol. The minimum atomic E-state index is -0.628. The van der Waals surface area contributed by atoms with Crippen LogP contribution in [0.15, 0.2) is 41.8 Å². The minimum Gasteiger partial charge on any atom is -0.381 e. The highest BCUT2D eigenvalue weighted by atomic mass is 32.1. The molecule has 1 aliphatic heterocycles. The number of hydrogen-bond acceptors (Lipinski definition) is 5. The summed E-state index contributed by atoms with van der Waals surface area (Å²) in [5.41, 5.74) is -0.233. The summed E-state index contributed by atoms with van der Waals surface area (Å²) >= 11 is 1.55. The maximum atomic E-state index is 12.9. The number of nitro groups is 1. The first kappa shape index (κ1) is 15.6. The molecule has 0 spiro atoms. The van der Waals surface area contributed by atoms with E-state index in [4.69, 9.17) is 4.74 Å². The van der Waals surface area contributed by atoms with Crippen LogP contribution in [-0.2, 0) is 14.9 Å². The average Bonchev–Trinajstić information content (AvgIpc) is 3.10. The Labute approximate surface area is 137 Å². The Hall–Kier alpha value is -2.25.